The Balaban J connectivity index is 1.86. The second kappa shape index (κ2) is 4.37. The molecule has 92 valence electrons. The van der Waals surface area contributed by atoms with Gasteiger partial charge in [0.15, 0.2) is 0 Å². The molecule has 1 aliphatic rings. The molecule has 1 atom stereocenters. The van der Waals surface area contributed by atoms with E-state index in [1.807, 2.05) is 12.1 Å². The Morgan fingerprint density at radius 3 is 2.56 bits per heavy atom. The first kappa shape index (κ1) is 11.1. The third-order valence-corrected chi connectivity index (χ3v) is 3.67. The van der Waals surface area contributed by atoms with Crippen LogP contribution in [-0.2, 0) is 6.42 Å². The molecule has 2 nitrogen and oxygen atoms in total. The third-order valence-electron chi connectivity index (χ3n) is 3.67. The maximum atomic E-state index is 5.19. The van der Waals surface area contributed by atoms with Gasteiger partial charge in [0.25, 0.3) is 0 Å². The molecular weight excluding hydrogens is 222 g/mol. The van der Waals surface area contributed by atoms with E-state index >= 15 is 0 Å². The lowest BCUT2D eigenvalue weighted by Crippen LogP contribution is -2.05. The maximum absolute atomic E-state index is 5.19. The van der Waals surface area contributed by atoms with Gasteiger partial charge in [-0.25, -0.2) is 0 Å². The van der Waals surface area contributed by atoms with Crippen molar-refractivity contribution in [2.75, 3.05) is 12.4 Å². The van der Waals surface area contributed by atoms with Crippen LogP contribution in [0, 0.1) is 6.92 Å². The van der Waals surface area contributed by atoms with Gasteiger partial charge < -0.3 is 10.1 Å². The van der Waals surface area contributed by atoms with Crippen molar-refractivity contribution in [1.29, 1.82) is 0 Å². The summed E-state index contributed by atoms with van der Waals surface area (Å²) in [6, 6.07) is 15.1. The van der Waals surface area contributed by atoms with Crippen LogP contribution >= 0.6 is 0 Å². The number of fused-ring (bicyclic) bond motifs is 1. The highest BCUT2D eigenvalue weighted by molar-refractivity contribution is 5.60. The van der Waals surface area contributed by atoms with E-state index in [9.17, 15) is 0 Å². The van der Waals surface area contributed by atoms with Gasteiger partial charge in [0.1, 0.15) is 5.75 Å². The van der Waals surface area contributed by atoms with E-state index in [4.69, 9.17) is 4.74 Å². The lowest BCUT2D eigenvalue weighted by molar-refractivity contribution is 0.414. The predicted octanol–water partition coefficient (Wildman–Crippen LogP) is 3.71. The van der Waals surface area contributed by atoms with Crippen molar-refractivity contribution in [3.05, 3.63) is 59.2 Å². The van der Waals surface area contributed by atoms with Gasteiger partial charge in [-0.2, -0.15) is 0 Å². The van der Waals surface area contributed by atoms with Crippen LogP contribution in [0.2, 0.25) is 0 Å². The fraction of sp³-hybridized carbons (Fsp3) is 0.250. The standard InChI is InChI=1S/C16H17NO/c1-11-4-3-5-15-14(11)10-16(17-15)12-6-8-13(18-2)9-7-12/h3-9,16-17H,10H2,1-2H3. The Hall–Kier alpha value is -1.96. The van der Waals surface area contributed by atoms with Gasteiger partial charge in [-0.15, -0.1) is 0 Å². The Morgan fingerprint density at radius 2 is 1.89 bits per heavy atom. The summed E-state index contributed by atoms with van der Waals surface area (Å²) in [5, 5.41) is 3.59. The molecule has 2 aromatic carbocycles. The summed E-state index contributed by atoms with van der Waals surface area (Å²) >= 11 is 0. The van der Waals surface area contributed by atoms with Crippen LogP contribution in [0.4, 0.5) is 5.69 Å². The Morgan fingerprint density at radius 1 is 1.11 bits per heavy atom. The lowest BCUT2D eigenvalue weighted by Gasteiger charge is -2.12. The van der Waals surface area contributed by atoms with Crippen LogP contribution in [0.25, 0.3) is 0 Å². The molecule has 0 aliphatic carbocycles. The number of methoxy groups -OCH3 is 1. The predicted molar refractivity (Wildman–Crippen MR) is 74.2 cm³/mol. The van der Waals surface area contributed by atoms with Crippen molar-refractivity contribution < 1.29 is 4.74 Å². The minimum absolute atomic E-state index is 0.381. The highest BCUT2D eigenvalue weighted by Gasteiger charge is 2.22. The molecule has 2 heteroatoms. The number of ether oxygens (including phenoxy) is 1. The number of nitrogens with one attached hydrogen (secondary N) is 1. The zero-order chi connectivity index (χ0) is 12.5. The zero-order valence-electron chi connectivity index (χ0n) is 10.7. The minimum atomic E-state index is 0.381. The van der Waals surface area contributed by atoms with Crippen LogP contribution in [-0.4, -0.2) is 7.11 Å². The first-order chi connectivity index (χ1) is 8.78. The molecule has 3 rings (SSSR count). The molecule has 0 fully saturated rings. The van der Waals surface area contributed by atoms with Gasteiger partial charge in [-0.1, -0.05) is 24.3 Å². The molecule has 1 unspecified atom stereocenters. The topological polar surface area (TPSA) is 21.3 Å². The maximum Gasteiger partial charge on any atom is 0.118 e. The first-order valence-electron chi connectivity index (χ1n) is 6.27. The van der Waals surface area contributed by atoms with Crippen LogP contribution in [0.5, 0.6) is 5.75 Å². The van der Waals surface area contributed by atoms with E-state index in [0.29, 0.717) is 6.04 Å². The van der Waals surface area contributed by atoms with E-state index < -0.39 is 0 Å². The first-order valence-corrected chi connectivity index (χ1v) is 6.27. The lowest BCUT2D eigenvalue weighted by atomic mass is 10.00. The molecule has 18 heavy (non-hydrogen) atoms. The van der Waals surface area contributed by atoms with Gasteiger partial charge >= 0.3 is 0 Å². The summed E-state index contributed by atoms with van der Waals surface area (Å²) in [7, 11) is 1.70. The van der Waals surface area contributed by atoms with E-state index in [1.165, 1.54) is 22.4 Å². The van der Waals surface area contributed by atoms with E-state index in [1.54, 1.807) is 7.11 Å². The minimum Gasteiger partial charge on any atom is -0.497 e. The van der Waals surface area contributed by atoms with Crippen molar-refractivity contribution in [1.82, 2.24) is 0 Å². The summed E-state index contributed by atoms with van der Waals surface area (Å²) in [5.74, 6) is 0.908. The number of hydrogen-bond donors (Lipinski definition) is 1. The highest BCUT2D eigenvalue weighted by Crippen LogP contribution is 2.36. The average Bonchev–Trinajstić information content (AvgIpc) is 2.84. The molecule has 1 heterocycles. The summed E-state index contributed by atoms with van der Waals surface area (Å²) in [6.45, 7) is 2.18. The summed E-state index contributed by atoms with van der Waals surface area (Å²) in [6.07, 6.45) is 1.06. The van der Waals surface area contributed by atoms with Crippen molar-refractivity contribution in [2.24, 2.45) is 0 Å². The molecule has 0 bridgehead atoms. The van der Waals surface area contributed by atoms with E-state index in [-0.39, 0.29) is 0 Å². The summed E-state index contributed by atoms with van der Waals surface area (Å²) in [4.78, 5) is 0. The summed E-state index contributed by atoms with van der Waals surface area (Å²) in [5.41, 5.74) is 5.40. The van der Waals surface area contributed by atoms with Crippen molar-refractivity contribution in [2.45, 2.75) is 19.4 Å². The van der Waals surface area contributed by atoms with Crippen molar-refractivity contribution in [3.8, 4) is 5.75 Å². The second-order valence-electron chi connectivity index (χ2n) is 4.78. The Kier molecular flexibility index (Phi) is 2.71. The van der Waals surface area contributed by atoms with Gasteiger partial charge in [0.05, 0.1) is 13.2 Å². The fourth-order valence-corrected chi connectivity index (χ4v) is 2.59. The van der Waals surface area contributed by atoms with Gasteiger partial charge in [-0.3, -0.25) is 0 Å². The zero-order valence-corrected chi connectivity index (χ0v) is 10.7. The Labute approximate surface area is 108 Å². The molecule has 0 spiro atoms. The van der Waals surface area contributed by atoms with E-state index in [2.05, 4.69) is 42.6 Å². The van der Waals surface area contributed by atoms with Crippen LogP contribution in [0.15, 0.2) is 42.5 Å². The molecule has 0 amide bonds. The van der Waals surface area contributed by atoms with Gasteiger partial charge in [-0.05, 0) is 48.2 Å². The highest BCUT2D eigenvalue weighted by atomic mass is 16.5. The largest absolute Gasteiger partial charge is 0.497 e. The molecule has 2 aromatic rings. The monoisotopic (exact) mass is 239 g/mol. The SMILES string of the molecule is COc1ccc(C2Cc3c(C)cccc3N2)cc1. The molecule has 0 radical (unpaired) electrons. The molecule has 1 aliphatic heterocycles. The molecule has 1 N–H and O–H groups in total. The number of anilines is 1. The second-order valence-corrected chi connectivity index (χ2v) is 4.78. The number of rotatable bonds is 2. The Bertz CT molecular complexity index is 560. The number of aryl methyl sites for hydroxylation is 1. The quantitative estimate of drug-likeness (QED) is 0.862. The number of benzene rings is 2. The van der Waals surface area contributed by atoms with Gasteiger partial charge in [0, 0.05) is 5.69 Å². The van der Waals surface area contributed by atoms with Gasteiger partial charge in [0.2, 0.25) is 0 Å². The van der Waals surface area contributed by atoms with Crippen LogP contribution < -0.4 is 10.1 Å². The van der Waals surface area contributed by atoms with Crippen molar-refractivity contribution >= 4 is 5.69 Å². The average molecular weight is 239 g/mol. The normalized spacial score (nSPS) is 17.1. The smallest absolute Gasteiger partial charge is 0.118 e. The van der Waals surface area contributed by atoms with Crippen LogP contribution in [0.1, 0.15) is 22.7 Å². The van der Waals surface area contributed by atoms with Crippen LogP contribution in [0.3, 0.4) is 0 Å². The fourth-order valence-electron chi connectivity index (χ4n) is 2.59. The third kappa shape index (κ3) is 1.84. The van der Waals surface area contributed by atoms with E-state index in [0.717, 1.165) is 12.2 Å². The number of hydrogen-bond acceptors (Lipinski definition) is 2. The molecule has 0 saturated carbocycles. The molecule has 0 aromatic heterocycles. The molecule has 0 saturated heterocycles. The van der Waals surface area contributed by atoms with Crippen molar-refractivity contribution in [3.63, 3.8) is 0 Å². The summed E-state index contributed by atoms with van der Waals surface area (Å²) < 4.78 is 5.19. The molecular formula is C16H17NO.